The van der Waals surface area contributed by atoms with E-state index in [0.717, 1.165) is 0 Å². The van der Waals surface area contributed by atoms with Crippen LogP contribution in [0.4, 0.5) is 0 Å². The van der Waals surface area contributed by atoms with Gasteiger partial charge in [-0.2, -0.15) is 0 Å². The molecule has 76 valence electrons. The van der Waals surface area contributed by atoms with Crippen molar-refractivity contribution >= 4 is 5.91 Å². The number of ether oxygens (including phenoxy) is 2. The van der Waals surface area contributed by atoms with Crippen molar-refractivity contribution in [3.8, 4) is 0 Å². The molecule has 1 heterocycles. The molecule has 0 aromatic rings. The minimum Gasteiger partial charge on any atom is -0.387 e. The van der Waals surface area contributed by atoms with Crippen LogP contribution >= 0.6 is 0 Å². The third kappa shape index (κ3) is 3.30. The molecule has 5 heteroatoms. The first-order valence-corrected chi connectivity index (χ1v) is 4.21. The Morgan fingerprint density at radius 3 is 2.54 bits per heavy atom. The van der Waals surface area contributed by atoms with E-state index in [4.69, 9.17) is 14.6 Å². The molecule has 5 nitrogen and oxygen atoms in total. The van der Waals surface area contributed by atoms with Crippen molar-refractivity contribution in [2.45, 2.75) is 25.7 Å². The van der Waals surface area contributed by atoms with E-state index in [0.29, 0.717) is 13.2 Å². The SMILES string of the molecule is CC1(C)OCC(NC(=O)CO)CO1. The van der Waals surface area contributed by atoms with Gasteiger partial charge in [-0.1, -0.05) is 0 Å². The molecule has 0 spiro atoms. The Labute approximate surface area is 77.0 Å². The number of carbonyl (C=O) groups is 1. The van der Waals surface area contributed by atoms with E-state index < -0.39 is 18.3 Å². The second-order valence-electron chi connectivity index (χ2n) is 3.44. The first-order valence-electron chi connectivity index (χ1n) is 4.21. The summed E-state index contributed by atoms with van der Waals surface area (Å²) in [5.74, 6) is -0.975. The minimum absolute atomic E-state index is 0.160. The summed E-state index contributed by atoms with van der Waals surface area (Å²) in [6, 6.07) is -0.160. The Morgan fingerprint density at radius 1 is 1.54 bits per heavy atom. The van der Waals surface area contributed by atoms with Crippen LogP contribution in [0.25, 0.3) is 0 Å². The first-order chi connectivity index (χ1) is 6.03. The molecule has 1 saturated heterocycles. The van der Waals surface area contributed by atoms with Gasteiger partial charge >= 0.3 is 0 Å². The Morgan fingerprint density at radius 2 is 2.08 bits per heavy atom. The highest BCUT2D eigenvalue weighted by molar-refractivity contribution is 5.77. The lowest BCUT2D eigenvalue weighted by molar-refractivity contribution is -0.252. The molecule has 0 atom stereocenters. The number of carbonyl (C=O) groups excluding carboxylic acids is 1. The fraction of sp³-hybridized carbons (Fsp3) is 0.875. The summed E-state index contributed by atoms with van der Waals surface area (Å²) in [7, 11) is 0. The maximum atomic E-state index is 10.8. The van der Waals surface area contributed by atoms with Crippen LogP contribution < -0.4 is 5.32 Å². The molecule has 13 heavy (non-hydrogen) atoms. The van der Waals surface area contributed by atoms with E-state index in [1.165, 1.54) is 0 Å². The molecule has 0 radical (unpaired) electrons. The molecule has 0 aromatic heterocycles. The van der Waals surface area contributed by atoms with Crippen molar-refractivity contribution < 1.29 is 19.4 Å². The summed E-state index contributed by atoms with van der Waals surface area (Å²) >= 11 is 0. The second-order valence-corrected chi connectivity index (χ2v) is 3.44. The number of amides is 1. The van der Waals surface area contributed by atoms with Crippen LogP contribution in [0.2, 0.25) is 0 Å². The Balaban J connectivity index is 2.29. The second kappa shape index (κ2) is 4.04. The van der Waals surface area contributed by atoms with Crippen LogP contribution in [0.15, 0.2) is 0 Å². The first kappa shape index (κ1) is 10.4. The van der Waals surface area contributed by atoms with Crippen LogP contribution in [-0.2, 0) is 14.3 Å². The molecule has 1 amide bonds. The van der Waals surface area contributed by atoms with Crippen LogP contribution in [0.5, 0.6) is 0 Å². The lowest BCUT2D eigenvalue weighted by Crippen LogP contribution is -2.50. The highest BCUT2D eigenvalue weighted by atomic mass is 16.7. The molecule has 0 aromatic carbocycles. The smallest absolute Gasteiger partial charge is 0.246 e. The summed E-state index contributed by atoms with van der Waals surface area (Å²) in [6.07, 6.45) is 0. The van der Waals surface area contributed by atoms with Gasteiger partial charge in [0.25, 0.3) is 0 Å². The Hall–Kier alpha value is -0.650. The van der Waals surface area contributed by atoms with E-state index in [1.807, 2.05) is 13.8 Å². The van der Waals surface area contributed by atoms with E-state index in [-0.39, 0.29) is 6.04 Å². The highest BCUT2D eigenvalue weighted by Crippen LogP contribution is 2.16. The van der Waals surface area contributed by atoms with E-state index >= 15 is 0 Å². The predicted molar refractivity (Wildman–Crippen MR) is 45.0 cm³/mol. The molecule has 1 rings (SSSR count). The van der Waals surface area contributed by atoms with Crippen molar-refractivity contribution in [3.63, 3.8) is 0 Å². The number of aliphatic hydroxyl groups is 1. The van der Waals surface area contributed by atoms with Gasteiger partial charge in [-0.15, -0.1) is 0 Å². The van der Waals surface area contributed by atoms with Crippen LogP contribution in [0.3, 0.4) is 0 Å². The van der Waals surface area contributed by atoms with Gasteiger partial charge in [-0.05, 0) is 13.8 Å². The third-order valence-corrected chi connectivity index (χ3v) is 1.77. The third-order valence-electron chi connectivity index (χ3n) is 1.77. The molecule has 0 unspecified atom stereocenters. The van der Waals surface area contributed by atoms with Crippen molar-refractivity contribution in [3.05, 3.63) is 0 Å². The molecule has 0 aliphatic carbocycles. The van der Waals surface area contributed by atoms with E-state index in [2.05, 4.69) is 5.32 Å². The van der Waals surface area contributed by atoms with Gasteiger partial charge in [-0.3, -0.25) is 4.79 Å². The van der Waals surface area contributed by atoms with Crippen molar-refractivity contribution in [2.24, 2.45) is 0 Å². The molecule has 0 saturated carbocycles. The van der Waals surface area contributed by atoms with Crippen LogP contribution in [0.1, 0.15) is 13.8 Å². The molecule has 1 fully saturated rings. The van der Waals surface area contributed by atoms with Gasteiger partial charge < -0.3 is 19.9 Å². The van der Waals surface area contributed by atoms with Crippen LogP contribution in [0, 0.1) is 0 Å². The Bertz CT molecular complexity index is 183. The topological polar surface area (TPSA) is 67.8 Å². The number of rotatable bonds is 2. The lowest BCUT2D eigenvalue weighted by atomic mass is 10.2. The predicted octanol–water partition coefficient (Wildman–Crippen LogP) is -0.754. The standard InChI is InChI=1S/C8H15NO4/c1-8(2)12-4-6(5-13-8)9-7(11)3-10/h6,10H,3-5H2,1-2H3,(H,9,11). The number of hydrogen-bond donors (Lipinski definition) is 2. The summed E-state index contributed by atoms with van der Waals surface area (Å²) in [6.45, 7) is 3.96. The van der Waals surface area contributed by atoms with Gasteiger partial charge in [-0.25, -0.2) is 0 Å². The fourth-order valence-electron chi connectivity index (χ4n) is 1.05. The van der Waals surface area contributed by atoms with Gasteiger partial charge in [0, 0.05) is 0 Å². The van der Waals surface area contributed by atoms with E-state index in [9.17, 15) is 4.79 Å². The molecular weight excluding hydrogens is 174 g/mol. The van der Waals surface area contributed by atoms with Crippen molar-refractivity contribution in [2.75, 3.05) is 19.8 Å². The maximum Gasteiger partial charge on any atom is 0.246 e. The zero-order chi connectivity index (χ0) is 9.90. The normalized spacial score (nSPS) is 22.7. The largest absolute Gasteiger partial charge is 0.387 e. The summed E-state index contributed by atoms with van der Waals surface area (Å²) < 4.78 is 10.6. The minimum atomic E-state index is -0.569. The van der Waals surface area contributed by atoms with Gasteiger partial charge in [0.2, 0.25) is 5.91 Å². The molecule has 2 N–H and O–H groups in total. The molecule has 0 bridgehead atoms. The van der Waals surface area contributed by atoms with Crippen LogP contribution in [-0.4, -0.2) is 42.7 Å². The van der Waals surface area contributed by atoms with Crippen molar-refractivity contribution in [1.29, 1.82) is 0 Å². The zero-order valence-corrected chi connectivity index (χ0v) is 7.87. The number of hydrogen-bond acceptors (Lipinski definition) is 4. The van der Waals surface area contributed by atoms with Gasteiger partial charge in [0.05, 0.1) is 19.3 Å². The van der Waals surface area contributed by atoms with Crippen molar-refractivity contribution in [1.82, 2.24) is 5.32 Å². The molecule has 1 aliphatic heterocycles. The average molecular weight is 189 g/mol. The number of nitrogens with one attached hydrogen (secondary N) is 1. The fourth-order valence-corrected chi connectivity index (χ4v) is 1.05. The summed E-state index contributed by atoms with van der Waals surface area (Å²) in [4.78, 5) is 10.8. The number of aliphatic hydroxyl groups excluding tert-OH is 1. The quantitative estimate of drug-likeness (QED) is 0.599. The lowest BCUT2D eigenvalue weighted by Gasteiger charge is -2.35. The maximum absolute atomic E-state index is 10.8. The van der Waals surface area contributed by atoms with Gasteiger partial charge in [0.1, 0.15) is 6.61 Å². The molecule has 1 aliphatic rings. The van der Waals surface area contributed by atoms with Gasteiger partial charge in [0.15, 0.2) is 5.79 Å². The molecular formula is C8H15NO4. The summed E-state index contributed by atoms with van der Waals surface area (Å²) in [5.41, 5.74) is 0. The van der Waals surface area contributed by atoms with E-state index in [1.54, 1.807) is 0 Å². The zero-order valence-electron chi connectivity index (χ0n) is 7.87. The monoisotopic (exact) mass is 189 g/mol. The Kier molecular flexibility index (Phi) is 3.24. The highest BCUT2D eigenvalue weighted by Gasteiger charge is 2.28. The average Bonchev–Trinajstić information content (AvgIpc) is 2.08. The summed E-state index contributed by atoms with van der Waals surface area (Å²) in [5, 5.41) is 11.0.